The summed E-state index contributed by atoms with van der Waals surface area (Å²) in [5.74, 6) is -0.620. The highest BCUT2D eigenvalue weighted by Crippen LogP contribution is 2.23. The van der Waals surface area contributed by atoms with Gasteiger partial charge in [-0.3, -0.25) is 9.59 Å². The first-order chi connectivity index (χ1) is 16.1. The van der Waals surface area contributed by atoms with Crippen LogP contribution in [-0.4, -0.2) is 24.9 Å². The predicted octanol–water partition coefficient (Wildman–Crippen LogP) is 4.25. The summed E-state index contributed by atoms with van der Waals surface area (Å²) in [7, 11) is 0. The van der Waals surface area contributed by atoms with Crippen molar-refractivity contribution in [1.29, 1.82) is 0 Å². The second kappa shape index (κ2) is 10.8. The Morgan fingerprint density at radius 2 is 1.61 bits per heavy atom. The Balaban J connectivity index is 1.49. The fourth-order valence-corrected chi connectivity index (χ4v) is 4.12. The van der Waals surface area contributed by atoms with Crippen LogP contribution in [0.15, 0.2) is 78.9 Å². The van der Waals surface area contributed by atoms with Crippen LogP contribution in [0.2, 0.25) is 0 Å². The minimum Gasteiger partial charge on any atom is -0.372 e. The van der Waals surface area contributed by atoms with Crippen molar-refractivity contribution in [3.05, 3.63) is 95.6 Å². The van der Waals surface area contributed by atoms with Crippen molar-refractivity contribution in [3.8, 4) is 0 Å². The van der Waals surface area contributed by atoms with Gasteiger partial charge in [-0.25, -0.2) is 0 Å². The summed E-state index contributed by atoms with van der Waals surface area (Å²) in [4.78, 5) is 28.5. The van der Waals surface area contributed by atoms with E-state index >= 15 is 0 Å². The van der Waals surface area contributed by atoms with Crippen molar-refractivity contribution < 1.29 is 9.59 Å². The molecular formula is C27H30N4O2. The zero-order chi connectivity index (χ0) is 23.0. The maximum absolute atomic E-state index is 13.2. The lowest BCUT2D eigenvalue weighted by Crippen LogP contribution is -2.37. The van der Waals surface area contributed by atoms with Crippen molar-refractivity contribution >= 4 is 23.2 Å². The minimum absolute atomic E-state index is 0.296. The lowest BCUT2D eigenvalue weighted by molar-refractivity contribution is -0.118. The molecule has 1 fully saturated rings. The Morgan fingerprint density at radius 3 is 2.30 bits per heavy atom. The van der Waals surface area contributed by atoms with Gasteiger partial charge in [-0.05, 0) is 66.8 Å². The fourth-order valence-electron chi connectivity index (χ4n) is 4.12. The molecule has 0 aliphatic carbocycles. The average Bonchev–Trinajstić information content (AvgIpc) is 2.88. The number of benzene rings is 3. The van der Waals surface area contributed by atoms with Crippen LogP contribution in [0.5, 0.6) is 0 Å². The molecule has 1 heterocycles. The molecule has 4 N–H and O–H groups in total. The Kier molecular flexibility index (Phi) is 7.37. The van der Waals surface area contributed by atoms with Gasteiger partial charge in [0.05, 0.1) is 0 Å². The van der Waals surface area contributed by atoms with Crippen LogP contribution in [0.1, 0.15) is 46.8 Å². The molecule has 3 aromatic carbocycles. The van der Waals surface area contributed by atoms with E-state index in [4.69, 9.17) is 5.73 Å². The van der Waals surface area contributed by atoms with Gasteiger partial charge in [-0.1, -0.05) is 42.5 Å². The average molecular weight is 443 g/mol. The molecule has 33 heavy (non-hydrogen) atoms. The first-order valence-electron chi connectivity index (χ1n) is 11.4. The molecule has 170 valence electrons. The van der Waals surface area contributed by atoms with Gasteiger partial charge in [0.1, 0.15) is 6.04 Å². The van der Waals surface area contributed by atoms with Crippen LogP contribution >= 0.6 is 0 Å². The third-order valence-corrected chi connectivity index (χ3v) is 5.95. The van der Waals surface area contributed by atoms with E-state index < -0.39 is 6.04 Å². The topological polar surface area (TPSA) is 87.5 Å². The largest absolute Gasteiger partial charge is 0.372 e. The van der Waals surface area contributed by atoms with Gasteiger partial charge < -0.3 is 21.3 Å². The Labute approximate surface area is 194 Å². The summed E-state index contributed by atoms with van der Waals surface area (Å²) in [6.07, 6.45) is 3.71. The van der Waals surface area contributed by atoms with E-state index in [1.54, 1.807) is 18.2 Å². The van der Waals surface area contributed by atoms with Crippen LogP contribution in [0.3, 0.4) is 0 Å². The molecule has 4 rings (SSSR count). The highest BCUT2D eigenvalue weighted by atomic mass is 16.2. The molecule has 6 nitrogen and oxygen atoms in total. The number of carbonyl (C=O) groups is 2. The third kappa shape index (κ3) is 5.79. The smallest absolute Gasteiger partial charge is 0.252 e. The zero-order valence-electron chi connectivity index (χ0n) is 18.7. The molecule has 1 saturated heterocycles. The van der Waals surface area contributed by atoms with Crippen LogP contribution < -0.4 is 21.3 Å². The Morgan fingerprint density at radius 1 is 0.879 bits per heavy atom. The van der Waals surface area contributed by atoms with Crippen LogP contribution in [-0.2, 0) is 11.3 Å². The summed E-state index contributed by atoms with van der Waals surface area (Å²) >= 11 is 0. The summed E-state index contributed by atoms with van der Waals surface area (Å²) < 4.78 is 0. The van der Waals surface area contributed by atoms with Gasteiger partial charge in [0.15, 0.2) is 0 Å². The van der Waals surface area contributed by atoms with Gasteiger partial charge in [-0.15, -0.1) is 0 Å². The first-order valence-corrected chi connectivity index (χ1v) is 11.4. The molecule has 3 aromatic rings. The number of carbonyl (C=O) groups excluding carboxylic acids is 2. The van der Waals surface area contributed by atoms with Crippen LogP contribution in [0, 0.1) is 0 Å². The Hall–Kier alpha value is -3.64. The molecule has 0 radical (unpaired) electrons. The molecule has 0 saturated carbocycles. The Bertz CT molecular complexity index is 1080. The van der Waals surface area contributed by atoms with E-state index in [2.05, 4.69) is 15.5 Å². The summed E-state index contributed by atoms with van der Waals surface area (Å²) in [5, 5.41) is 5.84. The quantitative estimate of drug-likeness (QED) is 0.511. The van der Waals surface area contributed by atoms with Crippen molar-refractivity contribution in [1.82, 2.24) is 5.32 Å². The van der Waals surface area contributed by atoms with E-state index in [9.17, 15) is 9.59 Å². The molecule has 1 unspecified atom stereocenters. The van der Waals surface area contributed by atoms with Gasteiger partial charge in [-0.2, -0.15) is 0 Å². The number of nitrogens with zero attached hydrogens (tertiary/aromatic N) is 1. The zero-order valence-corrected chi connectivity index (χ0v) is 18.7. The predicted molar refractivity (Wildman–Crippen MR) is 132 cm³/mol. The second-order valence-electron chi connectivity index (χ2n) is 8.31. The molecule has 0 bridgehead atoms. The number of rotatable bonds is 7. The minimum atomic E-state index is -0.831. The second-order valence-corrected chi connectivity index (χ2v) is 8.31. The third-order valence-electron chi connectivity index (χ3n) is 5.95. The summed E-state index contributed by atoms with van der Waals surface area (Å²) in [6, 6.07) is 23.4. The fraction of sp³-hybridized carbons (Fsp3) is 0.259. The van der Waals surface area contributed by atoms with E-state index in [0.29, 0.717) is 23.4 Å². The van der Waals surface area contributed by atoms with Crippen molar-refractivity contribution in [3.63, 3.8) is 0 Å². The molecular weight excluding hydrogens is 412 g/mol. The van der Waals surface area contributed by atoms with Gasteiger partial charge in [0.25, 0.3) is 11.8 Å². The normalized spacial score (nSPS) is 14.4. The van der Waals surface area contributed by atoms with Crippen LogP contribution in [0.25, 0.3) is 0 Å². The monoisotopic (exact) mass is 442 g/mol. The molecule has 0 spiro atoms. The van der Waals surface area contributed by atoms with Crippen molar-refractivity contribution in [2.24, 2.45) is 5.73 Å². The van der Waals surface area contributed by atoms with Crippen molar-refractivity contribution in [2.45, 2.75) is 31.8 Å². The van der Waals surface area contributed by atoms with Gasteiger partial charge >= 0.3 is 0 Å². The molecule has 6 heteroatoms. The number of hydrogen-bond acceptors (Lipinski definition) is 4. The highest BCUT2D eigenvalue weighted by molar-refractivity contribution is 6.01. The SMILES string of the molecule is NCc1cccc(C(=O)NC(C(=O)Nc2ccc(N3CCCCC3)cc2)c2ccccc2)c1. The lowest BCUT2D eigenvalue weighted by Gasteiger charge is -2.29. The standard InChI is InChI=1S/C27H30N4O2/c28-19-20-8-7-11-22(18-20)26(32)30-25(21-9-3-1-4-10-21)27(33)29-23-12-14-24(15-13-23)31-16-5-2-6-17-31/h1,3-4,7-15,18,25H,2,5-6,16-17,19,28H2,(H,29,33)(H,30,32). The van der Waals surface area contributed by atoms with Gasteiger partial charge in [0, 0.05) is 36.6 Å². The van der Waals surface area contributed by atoms with E-state index in [-0.39, 0.29) is 11.8 Å². The van der Waals surface area contributed by atoms with E-state index in [1.165, 1.54) is 24.9 Å². The number of nitrogens with two attached hydrogens (primary N) is 1. The van der Waals surface area contributed by atoms with Crippen molar-refractivity contribution in [2.75, 3.05) is 23.3 Å². The van der Waals surface area contributed by atoms with Gasteiger partial charge in [0.2, 0.25) is 0 Å². The van der Waals surface area contributed by atoms with Crippen LogP contribution in [0.4, 0.5) is 11.4 Å². The molecule has 1 aliphatic rings. The molecule has 1 atom stereocenters. The number of piperidine rings is 1. The highest BCUT2D eigenvalue weighted by Gasteiger charge is 2.23. The molecule has 2 amide bonds. The number of nitrogens with one attached hydrogen (secondary N) is 2. The first kappa shape index (κ1) is 22.6. The summed E-state index contributed by atoms with van der Waals surface area (Å²) in [6.45, 7) is 2.48. The number of amides is 2. The summed E-state index contributed by atoms with van der Waals surface area (Å²) in [5.41, 5.74) is 9.61. The maximum Gasteiger partial charge on any atom is 0.252 e. The number of hydrogen-bond donors (Lipinski definition) is 3. The lowest BCUT2D eigenvalue weighted by atomic mass is 10.0. The molecule has 1 aliphatic heterocycles. The van der Waals surface area contributed by atoms with E-state index in [0.717, 1.165) is 18.7 Å². The maximum atomic E-state index is 13.2. The van der Waals surface area contributed by atoms with E-state index in [1.807, 2.05) is 60.7 Å². The molecule has 0 aromatic heterocycles. The number of anilines is 2.